The van der Waals surface area contributed by atoms with Crippen molar-refractivity contribution in [2.24, 2.45) is 5.73 Å². The highest BCUT2D eigenvalue weighted by Crippen LogP contribution is 2.23. The number of rotatable bonds is 7. The fourth-order valence-electron chi connectivity index (χ4n) is 2.59. The second-order valence-corrected chi connectivity index (χ2v) is 5.56. The van der Waals surface area contributed by atoms with Gasteiger partial charge >= 0.3 is 0 Å². The summed E-state index contributed by atoms with van der Waals surface area (Å²) < 4.78 is 11.2. The SMILES string of the molecule is NCC(Cc1ccco1)c1ccc(OCc2ccccc2)cc1. The molecule has 118 valence electrons. The Morgan fingerprint density at radius 3 is 2.35 bits per heavy atom. The van der Waals surface area contributed by atoms with Gasteiger partial charge in [0.2, 0.25) is 0 Å². The minimum Gasteiger partial charge on any atom is -0.489 e. The van der Waals surface area contributed by atoms with E-state index >= 15 is 0 Å². The predicted octanol–water partition coefficient (Wildman–Crippen LogP) is 4.14. The molecule has 1 atom stereocenters. The van der Waals surface area contributed by atoms with Crippen molar-refractivity contribution in [1.82, 2.24) is 0 Å². The third-order valence-electron chi connectivity index (χ3n) is 3.91. The van der Waals surface area contributed by atoms with Crippen molar-refractivity contribution in [3.05, 3.63) is 89.9 Å². The first-order chi connectivity index (χ1) is 11.3. The molecule has 0 aliphatic rings. The zero-order valence-electron chi connectivity index (χ0n) is 13.0. The van der Waals surface area contributed by atoms with E-state index in [9.17, 15) is 0 Å². The third-order valence-corrected chi connectivity index (χ3v) is 3.91. The van der Waals surface area contributed by atoms with Crippen LogP contribution in [0.25, 0.3) is 0 Å². The van der Waals surface area contributed by atoms with Gasteiger partial charge in [-0.1, -0.05) is 42.5 Å². The second kappa shape index (κ2) is 7.65. The van der Waals surface area contributed by atoms with E-state index < -0.39 is 0 Å². The van der Waals surface area contributed by atoms with Crippen LogP contribution >= 0.6 is 0 Å². The van der Waals surface area contributed by atoms with Gasteiger partial charge in [-0.2, -0.15) is 0 Å². The van der Waals surface area contributed by atoms with Crippen LogP contribution in [0.1, 0.15) is 22.8 Å². The second-order valence-electron chi connectivity index (χ2n) is 5.56. The van der Waals surface area contributed by atoms with Crippen molar-refractivity contribution in [3.8, 4) is 5.75 Å². The van der Waals surface area contributed by atoms with E-state index in [4.69, 9.17) is 14.9 Å². The molecule has 0 saturated carbocycles. The molecule has 0 amide bonds. The molecule has 0 bridgehead atoms. The zero-order chi connectivity index (χ0) is 15.9. The summed E-state index contributed by atoms with van der Waals surface area (Å²) in [5.41, 5.74) is 8.29. The molecule has 0 saturated heterocycles. The molecule has 2 aromatic carbocycles. The first kappa shape index (κ1) is 15.4. The van der Waals surface area contributed by atoms with Crippen LogP contribution in [0.2, 0.25) is 0 Å². The van der Waals surface area contributed by atoms with Crippen LogP contribution in [0.3, 0.4) is 0 Å². The molecule has 3 rings (SSSR count). The van der Waals surface area contributed by atoms with E-state index in [1.807, 2.05) is 42.5 Å². The number of nitrogens with two attached hydrogens (primary N) is 1. The Morgan fingerprint density at radius 1 is 0.913 bits per heavy atom. The van der Waals surface area contributed by atoms with Gasteiger partial charge in [0.05, 0.1) is 6.26 Å². The van der Waals surface area contributed by atoms with Gasteiger partial charge < -0.3 is 14.9 Å². The molecule has 0 fully saturated rings. The Kier molecular flexibility index (Phi) is 5.12. The highest BCUT2D eigenvalue weighted by Gasteiger charge is 2.12. The average Bonchev–Trinajstić information content (AvgIpc) is 3.12. The van der Waals surface area contributed by atoms with Crippen molar-refractivity contribution in [2.75, 3.05) is 6.54 Å². The van der Waals surface area contributed by atoms with Crippen molar-refractivity contribution in [1.29, 1.82) is 0 Å². The van der Waals surface area contributed by atoms with Crippen molar-refractivity contribution in [3.63, 3.8) is 0 Å². The molecule has 3 aromatic rings. The highest BCUT2D eigenvalue weighted by atomic mass is 16.5. The fraction of sp³-hybridized carbons (Fsp3) is 0.200. The lowest BCUT2D eigenvalue weighted by molar-refractivity contribution is 0.306. The number of ether oxygens (including phenoxy) is 1. The fourth-order valence-corrected chi connectivity index (χ4v) is 2.59. The molecule has 2 N–H and O–H groups in total. The number of furan rings is 1. The molecule has 0 aliphatic heterocycles. The van der Waals surface area contributed by atoms with Gasteiger partial charge in [0.1, 0.15) is 18.1 Å². The molecule has 1 unspecified atom stereocenters. The highest BCUT2D eigenvalue weighted by molar-refractivity contribution is 5.30. The minimum absolute atomic E-state index is 0.254. The van der Waals surface area contributed by atoms with Crippen LogP contribution < -0.4 is 10.5 Å². The molecule has 0 aliphatic carbocycles. The molecule has 23 heavy (non-hydrogen) atoms. The van der Waals surface area contributed by atoms with E-state index in [0.29, 0.717) is 13.2 Å². The zero-order valence-corrected chi connectivity index (χ0v) is 13.0. The van der Waals surface area contributed by atoms with Crippen LogP contribution in [0.15, 0.2) is 77.4 Å². The Labute approximate surface area is 136 Å². The van der Waals surface area contributed by atoms with E-state index in [-0.39, 0.29) is 5.92 Å². The normalized spacial score (nSPS) is 12.0. The molecule has 1 aromatic heterocycles. The van der Waals surface area contributed by atoms with E-state index in [0.717, 1.165) is 23.5 Å². The van der Waals surface area contributed by atoms with E-state index in [1.54, 1.807) is 6.26 Å². The minimum atomic E-state index is 0.254. The van der Waals surface area contributed by atoms with E-state index in [1.165, 1.54) is 5.56 Å². The summed E-state index contributed by atoms with van der Waals surface area (Å²) in [6, 6.07) is 22.2. The molecule has 0 spiro atoms. The van der Waals surface area contributed by atoms with Crippen molar-refractivity contribution in [2.45, 2.75) is 18.9 Å². The third kappa shape index (κ3) is 4.24. The molecule has 1 heterocycles. The topological polar surface area (TPSA) is 48.4 Å². The standard InChI is InChI=1S/C20H21NO2/c21-14-18(13-20-7-4-12-22-20)17-8-10-19(11-9-17)23-15-16-5-2-1-3-6-16/h1-12,18H,13-15,21H2. The first-order valence-corrected chi connectivity index (χ1v) is 7.84. The summed E-state index contributed by atoms with van der Waals surface area (Å²) in [5, 5.41) is 0. The van der Waals surface area contributed by atoms with Gasteiger partial charge in [-0.05, 0) is 41.9 Å². The van der Waals surface area contributed by atoms with Gasteiger partial charge in [-0.3, -0.25) is 0 Å². The van der Waals surface area contributed by atoms with Crippen molar-refractivity contribution >= 4 is 0 Å². The molecular weight excluding hydrogens is 286 g/mol. The van der Waals surface area contributed by atoms with Gasteiger partial charge in [0.15, 0.2) is 0 Å². The largest absolute Gasteiger partial charge is 0.489 e. The van der Waals surface area contributed by atoms with Gasteiger partial charge in [-0.25, -0.2) is 0 Å². The molecular formula is C20H21NO2. The smallest absolute Gasteiger partial charge is 0.119 e. The lowest BCUT2D eigenvalue weighted by Crippen LogP contribution is -2.14. The summed E-state index contributed by atoms with van der Waals surface area (Å²) in [7, 11) is 0. The van der Waals surface area contributed by atoms with Crippen LogP contribution in [0, 0.1) is 0 Å². The van der Waals surface area contributed by atoms with Gasteiger partial charge in [0.25, 0.3) is 0 Å². The van der Waals surface area contributed by atoms with Gasteiger partial charge in [0, 0.05) is 12.3 Å². The lowest BCUT2D eigenvalue weighted by Gasteiger charge is -2.14. The monoisotopic (exact) mass is 307 g/mol. The van der Waals surface area contributed by atoms with Crippen LogP contribution in [-0.2, 0) is 13.0 Å². The number of hydrogen-bond acceptors (Lipinski definition) is 3. The Hall–Kier alpha value is -2.52. The summed E-state index contributed by atoms with van der Waals surface area (Å²) in [4.78, 5) is 0. The van der Waals surface area contributed by atoms with Crippen LogP contribution in [-0.4, -0.2) is 6.54 Å². The summed E-state index contributed by atoms with van der Waals surface area (Å²) >= 11 is 0. The van der Waals surface area contributed by atoms with Crippen LogP contribution in [0.5, 0.6) is 5.75 Å². The average molecular weight is 307 g/mol. The summed E-state index contributed by atoms with van der Waals surface area (Å²) in [6.07, 6.45) is 2.51. The quantitative estimate of drug-likeness (QED) is 0.713. The Morgan fingerprint density at radius 2 is 1.70 bits per heavy atom. The lowest BCUT2D eigenvalue weighted by atomic mass is 9.95. The first-order valence-electron chi connectivity index (χ1n) is 7.84. The van der Waals surface area contributed by atoms with Gasteiger partial charge in [-0.15, -0.1) is 0 Å². The molecule has 3 nitrogen and oxygen atoms in total. The number of benzene rings is 2. The summed E-state index contributed by atoms with van der Waals surface area (Å²) in [5.74, 6) is 2.08. The maximum Gasteiger partial charge on any atom is 0.119 e. The summed E-state index contributed by atoms with van der Waals surface area (Å²) in [6.45, 7) is 1.16. The maximum atomic E-state index is 5.92. The van der Waals surface area contributed by atoms with Crippen molar-refractivity contribution < 1.29 is 9.15 Å². The maximum absolute atomic E-state index is 5.92. The van der Waals surface area contributed by atoms with Crippen LogP contribution in [0.4, 0.5) is 0 Å². The molecule has 0 radical (unpaired) electrons. The Bertz CT molecular complexity index is 690. The van der Waals surface area contributed by atoms with E-state index in [2.05, 4.69) is 24.3 Å². The Balaban J connectivity index is 1.61. The molecule has 3 heteroatoms. The number of hydrogen-bond donors (Lipinski definition) is 1. The predicted molar refractivity (Wildman–Crippen MR) is 91.4 cm³/mol.